The Hall–Kier alpha value is -3.55. The molecule has 1 aromatic carbocycles. The molecule has 0 radical (unpaired) electrons. The van der Waals surface area contributed by atoms with Gasteiger partial charge in [0.1, 0.15) is 6.04 Å². The average Bonchev–Trinajstić information content (AvgIpc) is 2.77. The second-order valence-corrected chi connectivity index (χ2v) is 8.45. The Morgan fingerprint density at radius 3 is 2.36 bits per heavy atom. The number of hydrogen-bond donors (Lipinski definition) is 3. The minimum Gasteiger partial charge on any atom is -0.349 e. The normalized spacial score (nSPS) is 12.5. The molecule has 0 aliphatic carbocycles. The van der Waals surface area contributed by atoms with Gasteiger partial charge in [0.05, 0.1) is 24.7 Å². The van der Waals surface area contributed by atoms with Gasteiger partial charge < -0.3 is 16.0 Å². The third-order valence-corrected chi connectivity index (χ3v) is 4.95. The number of Topliss-reactive ketones (excluding diaryl/α,β-unsaturated/α-hetero) is 1. The van der Waals surface area contributed by atoms with Gasteiger partial charge in [-0.25, -0.2) is 0 Å². The Balaban J connectivity index is 1.86. The molecule has 3 amide bonds. The van der Waals surface area contributed by atoms with Crippen molar-refractivity contribution in [2.75, 3.05) is 6.54 Å². The van der Waals surface area contributed by atoms with Gasteiger partial charge in [0, 0.05) is 18.7 Å². The summed E-state index contributed by atoms with van der Waals surface area (Å²) in [7, 11) is 0. The van der Waals surface area contributed by atoms with Gasteiger partial charge in [-0.3, -0.25) is 24.2 Å². The van der Waals surface area contributed by atoms with Crippen molar-refractivity contribution in [2.24, 2.45) is 5.92 Å². The van der Waals surface area contributed by atoms with Crippen molar-refractivity contribution in [1.82, 2.24) is 20.9 Å². The number of pyridine rings is 1. The van der Waals surface area contributed by atoms with Crippen LogP contribution in [0.5, 0.6) is 0 Å². The van der Waals surface area contributed by atoms with Gasteiger partial charge in [-0.15, -0.1) is 0 Å². The smallest absolute Gasteiger partial charge is 0.243 e. The molecule has 176 valence electrons. The number of hydrogen-bond acceptors (Lipinski definition) is 5. The molecule has 0 spiro atoms. The fraction of sp³-hybridized carbons (Fsp3) is 0.400. The monoisotopic (exact) mass is 452 g/mol. The summed E-state index contributed by atoms with van der Waals surface area (Å²) in [5.74, 6) is -1.17. The van der Waals surface area contributed by atoms with E-state index >= 15 is 0 Å². The Kier molecular flexibility index (Phi) is 9.72. The van der Waals surface area contributed by atoms with Crippen LogP contribution in [0.3, 0.4) is 0 Å². The minimum absolute atomic E-state index is 0.119. The topological polar surface area (TPSA) is 117 Å². The molecular formula is C25H32N4O4. The molecular weight excluding hydrogens is 420 g/mol. The lowest BCUT2D eigenvalue weighted by molar-refractivity contribution is -0.131. The van der Waals surface area contributed by atoms with Gasteiger partial charge in [0.25, 0.3) is 0 Å². The molecule has 2 rings (SSSR count). The van der Waals surface area contributed by atoms with Crippen molar-refractivity contribution < 1.29 is 19.2 Å². The van der Waals surface area contributed by atoms with Crippen LogP contribution < -0.4 is 16.0 Å². The lowest BCUT2D eigenvalue weighted by Crippen LogP contribution is -2.52. The van der Waals surface area contributed by atoms with Crippen LogP contribution in [0.15, 0.2) is 48.7 Å². The van der Waals surface area contributed by atoms with Crippen molar-refractivity contribution >= 4 is 23.5 Å². The van der Waals surface area contributed by atoms with E-state index in [-0.39, 0.29) is 36.5 Å². The van der Waals surface area contributed by atoms with Crippen molar-refractivity contribution in [3.05, 3.63) is 54.2 Å². The van der Waals surface area contributed by atoms with Crippen molar-refractivity contribution in [1.29, 1.82) is 0 Å². The van der Waals surface area contributed by atoms with Crippen molar-refractivity contribution in [3.8, 4) is 11.3 Å². The van der Waals surface area contributed by atoms with Crippen LogP contribution in [0.4, 0.5) is 0 Å². The quantitative estimate of drug-likeness (QED) is 0.482. The Labute approximate surface area is 194 Å². The van der Waals surface area contributed by atoms with Crippen molar-refractivity contribution in [2.45, 2.75) is 52.6 Å². The van der Waals surface area contributed by atoms with Crippen LogP contribution >= 0.6 is 0 Å². The fourth-order valence-corrected chi connectivity index (χ4v) is 3.30. The van der Waals surface area contributed by atoms with E-state index in [1.54, 1.807) is 13.1 Å². The van der Waals surface area contributed by atoms with Crippen LogP contribution in [0.1, 0.15) is 39.7 Å². The number of carbonyl (C=O) groups excluding carboxylic acids is 4. The van der Waals surface area contributed by atoms with E-state index in [1.807, 2.05) is 56.3 Å². The summed E-state index contributed by atoms with van der Waals surface area (Å²) in [4.78, 5) is 52.9. The molecule has 0 saturated heterocycles. The molecule has 0 fully saturated rings. The maximum Gasteiger partial charge on any atom is 0.243 e. The number of ketones is 1. The van der Waals surface area contributed by atoms with Gasteiger partial charge in [0.2, 0.25) is 17.7 Å². The second-order valence-electron chi connectivity index (χ2n) is 8.45. The first kappa shape index (κ1) is 25.7. The number of carbonyl (C=O) groups is 4. The number of rotatable bonds is 11. The SMILES string of the molecule is CC(=O)N[C@@H](CC(C)C)C(=O)NC(C)C(=O)CNC(=O)Cc1cccc(-c2ccccn2)c1. The number of benzene rings is 1. The number of nitrogens with zero attached hydrogens (tertiary/aromatic N) is 1. The molecule has 0 saturated carbocycles. The number of amides is 3. The predicted octanol–water partition coefficient (Wildman–Crippen LogP) is 2.03. The first-order valence-corrected chi connectivity index (χ1v) is 11.0. The van der Waals surface area contributed by atoms with E-state index in [0.29, 0.717) is 6.42 Å². The third kappa shape index (κ3) is 8.84. The lowest BCUT2D eigenvalue weighted by Gasteiger charge is -2.21. The zero-order chi connectivity index (χ0) is 24.4. The first-order valence-electron chi connectivity index (χ1n) is 11.0. The van der Waals surface area contributed by atoms with Crippen molar-refractivity contribution in [3.63, 3.8) is 0 Å². The molecule has 33 heavy (non-hydrogen) atoms. The van der Waals surface area contributed by atoms with E-state index < -0.39 is 18.0 Å². The molecule has 0 aliphatic rings. The van der Waals surface area contributed by atoms with Crippen LogP contribution in [0.25, 0.3) is 11.3 Å². The molecule has 0 bridgehead atoms. The summed E-state index contributed by atoms with van der Waals surface area (Å²) < 4.78 is 0. The van der Waals surface area contributed by atoms with Crippen LogP contribution in [-0.2, 0) is 25.6 Å². The molecule has 8 nitrogen and oxygen atoms in total. The van der Waals surface area contributed by atoms with E-state index in [9.17, 15) is 19.2 Å². The highest BCUT2D eigenvalue weighted by Gasteiger charge is 2.24. The largest absolute Gasteiger partial charge is 0.349 e. The summed E-state index contributed by atoms with van der Waals surface area (Å²) in [6.07, 6.45) is 2.29. The third-order valence-electron chi connectivity index (χ3n) is 4.95. The number of aromatic nitrogens is 1. The van der Waals surface area contributed by atoms with Gasteiger partial charge in [0.15, 0.2) is 5.78 Å². The van der Waals surface area contributed by atoms with Crippen LogP contribution in [-0.4, -0.2) is 47.1 Å². The van der Waals surface area contributed by atoms with Crippen LogP contribution in [0.2, 0.25) is 0 Å². The molecule has 1 aromatic heterocycles. The first-order chi connectivity index (χ1) is 15.7. The predicted molar refractivity (Wildman–Crippen MR) is 126 cm³/mol. The van der Waals surface area contributed by atoms with E-state index in [1.165, 1.54) is 6.92 Å². The van der Waals surface area contributed by atoms with Gasteiger partial charge >= 0.3 is 0 Å². The molecule has 3 N–H and O–H groups in total. The standard InChI is InChI=1S/C25H32N4O4/c1-16(2)12-22(29-18(4)30)25(33)28-17(3)23(31)15-27-24(32)14-19-8-7-9-20(13-19)21-10-5-6-11-26-21/h5-11,13,16-17,22H,12,14-15H2,1-4H3,(H,27,32)(H,28,33)(H,29,30)/t17?,22-/m0/s1. The second kappa shape index (κ2) is 12.5. The summed E-state index contributed by atoms with van der Waals surface area (Å²) in [6.45, 7) is 6.59. The lowest BCUT2D eigenvalue weighted by atomic mass is 10.0. The minimum atomic E-state index is -0.797. The highest BCUT2D eigenvalue weighted by molar-refractivity contribution is 5.94. The Bertz CT molecular complexity index is 975. The van der Waals surface area contributed by atoms with Gasteiger partial charge in [-0.1, -0.05) is 38.1 Å². The zero-order valence-corrected chi connectivity index (χ0v) is 19.6. The van der Waals surface area contributed by atoms with Crippen LogP contribution in [0, 0.1) is 5.92 Å². The summed E-state index contributed by atoms with van der Waals surface area (Å²) >= 11 is 0. The Morgan fingerprint density at radius 1 is 0.970 bits per heavy atom. The van der Waals surface area contributed by atoms with E-state index in [4.69, 9.17) is 0 Å². The molecule has 1 unspecified atom stereocenters. The maximum absolute atomic E-state index is 12.5. The van der Waals surface area contributed by atoms with E-state index in [2.05, 4.69) is 20.9 Å². The fourth-order valence-electron chi connectivity index (χ4n) is 3.30. The highest BCUT2D eigenvalue weighted by atomic mass is 16.2. The summed E-state index contributed by atoms with van der Waals surface area (Å²) in [5, 5.41) is 7.85. The average molecular weight is 453 g/mol. The maximum atomic E-state index is 12.5. The molecule has 2 aromatic rings. The zero-order valence-electron chi connectivity index (χ0n) is 19.6. The molecule has 8 heteroatoms. The Morgan fingerprint density at radius 2 is 1.73 bits per heavy atom. The van der Waals surface area contributed by atoms with Gasteiger partial charge in [-0.05, 0) is 43.0 Å². The molecule has 2 atom stereocenters. The van der Waals surface area contributed by atoms with Gasteiger partial charge in [-0.2, -0.15) is 0 Å². The number of nitrogens with one attached hydrogen (secondary N) is 3. The molecule has 1 heterocycles. The summed E-state index contributed by atoms with van der Waals surface area (Å²) in [5.41, 5.74) is 2.52. The highest BCUT2D eigenvalue weighted by Crippen LogP contribution is 2.18. The summed E-state index contributed by atoms with van der Waals surface area (Å²) in [6, 6.07) is 11.6. The van der Waals surface area contributed by atoms with E-state index in [0.717, 1.165) is 16.8 Å². The molecule has 0 aliphatic heterocycles.